The van der Waals surface area contributed by atoms with Crippen LogP contribution < -0.4 is 5.32 Å². The Morgan fingerprint density at radius 2 is 1.94 bits per heavy atom. The molecule has 106 valence electrons. The van der Waals surface area contributed by atoms with E-state index >= 15 is 0 Å². The van der Waals surface area contributed by atoms with Crippen molar-refractivity contribution in [3.63, 3.8) is 0 Å². The molecule has 0 amide bonds. The van der Waals surface area contributed by atoms with E-state index in [9.17, 15) is 8.42 Å². The van der Waals surface area contributed by atoms with Gasteiger partial charge in [-0.3, -0.25) is 0 Å². The van der Waals surface area contributed by atoms with Crippen molar-refractivity contribution in [1.82, 2.24) is 5.32 Å². The van der Waals surface area contributed by atoms with E-state index in [1.54, 1.807) is 0 Å². The average molecular weight is 273 g/mol. The molecule has 3 nitrogen and oxygen atoms in total. The Kier molecular flexibility index (Phi) is 4.70. The second-order valence-corrected chi connectivity index (χ2v) is 8.55. The smallest absolute Gasteiger partial charge is 0.154 e. The van der Waals surface area contributed by atoms with E-state index in [-0.39, 0.29) is 11.3 Å². The Morgan fingerprint density at radius 1 is 1.22 bits per heavy atom. The molecule has 2 aliphatic rings. The molecule has 0 aromatic heterocycles. The molecule has 0 spiro atoms. The molecule has 2 saturated carbocycles. The summed E-state index contributed by atoms with van der Waals surface area (Å²) in [5.74, 6) is 1.56. The van der Waals surface area contributed by atoms with Crippen LogP contribution in [0.3, 0.4) is 0 Å². The molecular formula is C14H27NO2S. The molecule has 2 aliphatic carbocycles. The van der Waals surface area contributed by atoms with Gasteiger partial charge in [0.05, 0.1) is 11.0 Å². The van der Waals surface area contributed by atoms with Gasteiger partial charge >= 0.3 is 0 Å². The summed E-state index contributed by atoms with van der Waals surface area (Å²) in [7, 11) is -2.91. The summed E-state index contributed by atoms with van der Waals surface area (Å²) in [6.07, 6.45) is 6.45. The molecule has 0 aromatic rings. The summed E-state index contributed by atoms with van der Waals surface area (Å²) < 4.78 is 25.0. The SMILES string of the molecule is CCNC(CS(=O)(=O)C1CCCC(C)C1)C1CC1. The first-order valence-corrected chi connectivity index (χ1v) is 9.19. The van der Waals surface area contributed by atoms with Crippen molar-refractivity contribution in [2.24, 2.45) is 11.8 Å². The van der Waals surface area contributed by atoms with E-state index in [0.717, 1.165) is 25.8 Å². The fourth-order valence-electron chi connectivity index (χ4n) is 3.21. The first-order valence-electron chi connectivity index (χ1n) is 7.48. The molecule has 3 unspecified atom stereocenters. The summed E-state index contributed by atoms with van der Waals surface area (Å²) in [5, 5.41) is 3.30. The number of rotatable bonds is 6. The Morgan fingerprint density at radius 3 is 2.50 bits per heavy atom. The molecule has 0 bridgehead atoms. The van der Waals surface area contributed by atoms with Gasteiger partial charge in [0.2, 0.25) is 0 Å². The Labute approximate surface area is 112 Å². The van der Waals surface area contributed by atoms with E-state index in [0.29, 0.717) is 17.6 Å². The van der Waals surface area contributed by atoms with Crippen LogP contribution >= 0.6 is 0 Å². The van der Waals surface area contributed by atoms with Crippen molar-refractivity contribution in [3.05, 3.63) is 0 Å². The number of hydrogen-bond donors (Lipinski definition) is 1. The van der Waals surface area contributed by atoms with E-state index in [4.69, 9.17) is 0 Å². The standard InChI is InChI=1S/C14H27NO2S/c1-3-15-14(12-7-8-12)10-18(16,17)13-6-4-5-11(2)9-13/h11-15H,3-10H2,1-2H3. The predicted octanol–water partition coefficient (Wildman–Crippen LogP) is 2.37. The maximum atomic E-state index is 12.5. The summed E-state index contributed by atoms with van der Waals surface area (Å²) in [5.41, 5.74) is 0. The van der Waals surface area contributed by atoms with Crippen LogP contribution in [0, 0.1) is 11.8 Å². The third kappa shape index (κ3) is 3.70. The van der Waals surface area contributed by atoms with Gasteiger partial charge in [0, 0.05) is 6.04 Å². The van der Waals surface area contributed by atoms with Crippen LogP contribution in [-0.2, 0) is 9.84 Å². The normalized spacial score (nSPS) is 31.2. The monoisotopic (exact) mass is 273 g/mol. The minimum Gasteiger partial charge on any atom is -0.313 e. The van der Waals surface area contributed by atoms with Gasteiger partial charge < -0.3 is 5.32 Å². The molecule has 3 atom stereocenters. The molecule has 0 aromatic carbocycles. The number of sulfone groups is 1. The van der Waals surface area contributed by atoms with Crippen molar-refractivity contribution in [2.45, 2.75) is 63.7 Å². The molecule has 18 heavy (non-hydrogen) atoms. The number of nitrogens with one attached hydrogen (secondary N) is 1. The molecule has 0 radical (unpaired) electrons. The number of hydrogen-bond acceptors (Lipinski definition) is 3. The highest BCUT2D eigenvalue weighted by molar-refractivity contribution is 7.92. The Balaban J connectivity index is 1.96. The van der Waals surface area contributed by atoms with Gasteiger partial charge in [0.1, 0.15) is 0 Å². The molecule has 0 saturated heterocycles. The molecule has 0 heterocycles. The summed E-state index contributed by atoms with van der Waals surface area (Å²) in [4.78, 5) is 0. The summed E-state index contributed by atoms with van der Waals surface area (Å²) in [6, 6.07) is 0.206. The van der Waals surface area contributed by atoms with Crippen LogP contribution in [0.15, 0.2) is 0 Å². The van der Waals surface area contributed by atoms with Gasteiger partial charge in [-0.2, -0.15) is 0 Å². The Hall–Kier alpha value is -0.0900. The van der Waals surface area contributed by atoms with Crippen LogP contribution in [0.5, 0.6) is 0 Å². The average Bonchev–Trinajstić information content (AvgIpc) is 3.12. The van der Waals surface area contributed by atoms with Crippen molar-refractivity contribution in [2.75, 3.05) is 12.3 Å². The quantitative estimate of drug-likeness (QED) is 0.808. The summed E-state index contributed by atoms with van der Waals surface area (Å²) >= 11 is 0. The van der Waals surface area contributed by atoms with Crippen molar-refractivity contribution in [3.8, 4) is 0 Å². The van der Waals surface area contributed by atoms with E-state index in [1.165, 1.54) is 19.3 Å². The Bertz CT molecular complexity index is 362. The van der Waals surface area contributed by atoms with Gasteiger partial charge in [-0.05, 0) is 44.1 Å². The van der Waals surface area contributed by atoms with Crippen LogP contribution in [0.4, 0.5) is 0 Å². The third-order valence-electron chi connectivity index (χ3n) is 4.47. The van der Waals surface area contributed by atoms with Crippen molar-refractivity contribution >= 4 is 9.84 Å². The molecular weight excluding hydrogens is 246 g/mol. The van der Waals surface area contributed by atoms with Gasteiger partial charge in [0.15, 0.2) is 9.84 Å². The van der Waals surface area contributed by atoms with E-state index in [1.807, 2.05) is 0 Å². The fourth-order valence-corrected chi connectivity index (χ4v) is 5.52. The predicted molar refractivity (Wildman–Crippen MR) is 75.4 cm³/mol. The van der Waals surface area contributed by atoms with Crippen molar-refractivity contribution in [1.29, 1.82) is 0 Å². The minimum atomic E-state index is -2.91. The van der Waals surface area contributed by atoms with E-state index in [2.05, 4.69) is 19.2 Å². The molecule has 1 N–H and O–H groups in total. The zero-order valence-electron chi connectivity index (χ0n) is 11.7. The van der Waals surface area contributed by atoms with E-state index < -0.39 is 9.84 Å². The first kappa shape index (κ1) is 14.3. The van der Waals surface area contributed by atoms with Gasteiger partial charge in [0.25, 0.3) is 0 Å². The lowest BCUT2D eigenvalue weighted by molar-refractivity contribution is 0.379. The lowest BCUT2D eigenvalue weighted by Crippen LogP contribution is -2.41. The molecule has 2 rings (SSSR count). The minimum absolute atomic E-state index is 0.0684. The van der Waals surface area contributed by atoms with Gasteiger partial charge in [-0.1, -0.05) is 26.7 Å². The van der Waals surface area contributed by atoms with Crippen LogP contribution in [-0.4, -0.2) is 32.0 Å². The maximum absolute atomic E-state index is 12.5. The van der Waals surface area contributed by atoms with Crippen LogP contribution in [0.1, 0.15) is 52.4 Å². The van der Waals surface area contributed by atoms with Gasteiger partial charge in [-0.15, -0.1) is 0 Å². The molecule has 2 fully saturated rings. The molecule has 0 aliphatic heterocycles. The second kappa shape index (κ2) is 5.91. The highest BCUT2D eigenvalue weighted by atomic mass is 32.2. The lowest BCUT2D eigenvalue weighted by Gasteiger charge is -2.28. The highest BCUT2D eigenvalue weighted by Crippen LogP contribution is 2.35. The maximum Gasteiger partial charge on any atom is 0.154 e. The van der Waals surface area contributed by atoms with Crippen LogP contribution in [0.25, 0.3) is 0 Å². The topological polar surface area (TPSA) is 46.2 Å². The molecule has 4 heteroatoms. The largest absolute Gasteiger partial charge is 0.313 e. The second-order valence-electron chi connectivity index (χ2n) is 6.22. The van der Waals surface area contributed by atoms with Gasteiger partial charge in [-0.25, -0.2) is 8.42 Å². The fraction of sp³-hybridized carbons (Fsp3) is 1.00. The summed E-state index contributed by atoms with van der Waals surface area (Å²) in [6.45, 7) is 5.12. The lowest BCUT2D eigenvalue weighted by atomic mass is 9.91. The van der Waals surface area contributed by atoms with Crippen molar-refractivity contribution < 1.29 is 8.42 Å². The third-order valence-corrected chi connectivity index (χ3v) is 6.73. The van der Waals surface area contributed by atoms with Crippen LogP contribution in [0.2, 0.25) is 0 Å². The first-order chi connectivity index (χ1) is 8.53. The highest BCUT2D eigenvalue weighted by Gasteiger charge is 2.37. The zero-order valence-corrected chi connectivity index (χ0v) is 12.5. The zero-order chi connectivity index (χ0) is 13.2.